The monoisotopic (exact) mass is 325 g/mol. The highest BCUT2D eigenvalue weighted by atomic mass is 79.9. The summed E-state index contributed by atoms with van der Waals surface area (Å²) < 4.78 is 0.841. The largest absolute Gasteiger partial charge is 0.320 e. The van der Waals surface area contributed by atoms with E-state index in [1.807, 2.05) is 19.1 Å². The van der Waals surface area contributed by atoms with Crippen LogP contribution < -0.4 is 5.32 Å². The van der Waals surface area contributed by atoms with E-state index in [1.165, 1.54) is 12.4 Å². The van der Waals surface area contributed by atoms with Crippen LogP contribution in [-0.2, 0) is 0 Å². The fourth-order valence-electron chi connectivity index (χ4n) is 1.38. The summed E-state index contributed by atoms with van der Waals surface area (Å²) in [6.07, 6.45) is 2.74. The average molecular weight is 327 g/mol. The molecule has 0 spiro atoms. The first-order chi connectivity index (χ1) is 8.58. The van der Waals surface area contributed by atoms with Gasteiger partial charge in [-0.1, -0.05) is 23.7 Å². The third kappa shape index (κ3) is 2.86. The Bertz CT molecular complexity index is 604. The van der Waals surface area contributed by atoms with E-state index in [0.29, 0.717) is 5.69 Å². The van der Waals surface area contributed by atoms with Crippen LogP contribution in [-0.4, -0.2) is 15.9 Å². The molecule has 0 aliphatic carbocycles. The fraction of sp³-hybridized carbons (Fsp3) is 0.0833. The molecule has 2 aromatic rings. The van der Waals surface area contributed by atoms with Gasteiger partial charge in [0, 0.05) is 4.47 Å². The lowest BCUT2D eigenvalue weighted by molar-refractivity contribution is 0.102. The van der Waals surface area contributed by atoms with Crippen LogP contribution in [0.5, 0.6) is 0 Å². The number of nitrogens with one attached hydrogen (secondary N) is 1. The predicted octanol–water partition coefficient (Wildman–Crippen LogP) is 3.45. The van der Waals surface area contributed by atoms with Gasteiger partial charge >= 0.3 is 0 Å². The van der Waals surface area contributed by atoms with Gasteiger partial charge in [-0.05, 0) is 34.5 Å². The summed E-state index contributed by atoms with van der Waals surface area (Å²) in [4.78, 5) is 19.7. The molecule has 0 atom stereocenters. The number of aryl methyl sites for hydroxylation is 1. The van der Waals surface area contributed by atoms with E-state index in [1.54, 1.807) is 6.07 Å². The van der Waals surface area contributed by atoms with Crippen molar-refractivity contribution in [2.45, 2.75) is 6.92 Å². The quantitative estimate of drug-likeness (QED) is 0.919. The fourth-order valence-corrected chi connectivity index (χ4v) is 1.89. The molecule has 0 unspecified atom stereocenters. The van der Waals surface area contributed by atoms with Gasteiger partial charge in [0.05, 0.1) is 18.1 Å². The van der Waals surface area contributed by atoms with Crippen LogP contribution in [0.2, 0.25) is 5.15 Å². The number of hydrogen-bond donors (Lipinski definition) is 1. The Kier molecular flexibility index (Phi) is 3.93. The van der Waals surface area contributed by atoms with Gasteiger partial charge in [0.15, 0.2) is 0 Å². The van der Waals surface area contributed by atoms with Crippen molar-refractivity contribution in [2.24, 2.45) is 0 Å². The van der Waals surface area contributed by atoms with Gasteiger partial charge in [0.25, 0.3) is 5.91 Å². The average Bonchev–Trinajstić information content (AvgIpc) is 2.35. The van der Waals surface area contributed by atoms with Crippen LogP contribution >= 0.6 is 27.5 Å². The molecular weight excluding hydrogens is 318 g/mol. The van der Waals surface area contributed by atoms with Crippen LogP contribution in [0.3, 0.4) is 0 Å². The van der Waals surface area contributed by atoms with E-state index in [-0.39, 0.29) is 16.8 Å². The van der Waals surface area contributed by atoms with Gasteiger partial charge < -0.3 is 5.32 Å². The smallest absolute Gasteiger partial charge is 0.275 e. The molecule has 18 heavy (non-hydrogen) atoms. The summed E-state index contributed by atoms with van der Waals surface area (Å²) in [6, 6.07) is 5.60. The van der Waals surface area contributed by atoms with Crippen molar-refractivity contribution in [2.75, 3.05) is 5.32 Å². The van der Waals surface area contributed by atoms with Crippen molar-refractivity contribution < 1.29 is 4.79 Å². The molecule has 1 N–H and O–H groups in total. The number of carbonyl (C=O) groups excluding carboxylic acids is 1. The van der Waals surface area contributed by atoms with Crippen LogP contribution in [0.1, 0.15) is 16.1 Å². The molecule has 1 amide bonds. The van der Waals surface area contributed by atoms with Crippen LogP contribution in [0.4, 0.5) is 5.69 Å². The number of nitrogens with zero attached hydrogens (tertiary/aromatic N) is 2. The molecule has 0 aliphatic heterocycles. The lowest BCUT2D eigenvalue weighted by Crippen LogP contribution is -2.14. The topological polar surface area (TPSA) is 54.9 Å². The van der Waals surface area contributed by atoms with Crippen LogP contribution in [0, 0.1) is 6.92 Å². The van der Waals surface area contributed by atoms with E-state index in [4.69, 9.17) is 11.6 Å². The molecule has 0 bridgehead atoms. The van der Waals surface area contributed by atoms with E-state index < -0.39 is 0 Å². The number of halogens is 2. The van der Waals surface area contributed by atoms with E-state index in [0.717, 1.165) is 10.0 Å². The SMILES string of the molecule is Cc1cccc(NC(=O)c2cncc(Cl)n2)c1Br. The minimum atomic E-state index is -0.351. The Morgan fingerprint density at radius 1 is 1.39 bits per heavy atom. The third-order valence-corrected chi connectivity index (χ3v) is 3.51. The molecule has 1 aromatic carbocycles. The number of carbonyl (C=O) groups is 1. The molecule has 2 rings (SSSR count). The number of hydrogen-bond acceptors (Lipinski definition) is 3. The van der Waals surface area contributed by atoms with E-state index in [9.17, 15) is 4.79 Å². The first-order valence-electron chi connectivity index (χ1n) is 5.12. The van der Waals surface area contributed by atoms with Crippen molar-refractivity contribution in [3.8, 4) is 0 Å². The van der Waals surface area contributed by atoms with E-state index in [2.05, 4.69) is 31.2 Å². The minimum Gasteiger partial charge on any atom is -0.320 e. The lowest BCUT2D eigenvalue weighted by atomic mass is 10.2. The zero-order valence-corrected chi connectivity index (χ0v) is 11.8. The summed E-state index contributed by atoms with van der Waals surface area (Å²) in [7, 11) is 0. The number of rotatable bonds is 2. The van der Waals surface area contributed by atoms with Crippen LogP contribution in [0.25, 0.3) is 0 Å². The Labute approximate surface area is 118 Å². The summed E-state index contributed by atoms with van der Waals surface area (Å²) >= 11 is 9.10. The second-order valence-electron chi connectivity index (χ2n) is 3.62. The molecule has 4 nitrogen and oxygen atoms in total. The van der Waals surface area contributed by atoms with Crippen LogP contribution in [0.15, 0.2) is 35.1 Å². The highest BCUT2D eigenvalue weighted by Gasteiger charge is 2.11. The Balaban J connectivity index is 2.24. The zero-order valence-electron chi connectivity index (χ0n) is 9.45. The molecule has 6 heteroatoms. The zero-order chi connectivity index (χ0) is 13.1. The van der Waals surface area contributed by atoms with Gasteiger partial charge in [-0.25, -0.2) is 4.98 Å². The molecule has 0 saturated carbocycles. The molecule has 1 aromatic heterocycles. The van der Waals surface area contributed by atoms with Crippen molar-refractivity contribution in [3.63, 3.8) is 0 Å². The number of benzene rings is 1. The molecule has 0 saturated heterocycles. The lowest BCUT2D eigenvalue weighted by Gasteiger charge is -2.08. The summed E-state index contributed by atoms with van der Waals surface area (Å²) in [5.74, 6) is -0.351. The summed E-state index contributed by atoms with van der Waals surface area (Å²) in [6.45, 7) is 1.94. The molecule has 1 heterocycles. The Morgan fingerprint density at radius 3 is 2.89 bits per heavy atom. The van der Waals surface area contributed by atoms with Crippen molar-refractivity contribution in [1.29, 1.82) is 0 Å². The van der Waals surface area contributed by atoms with E-state index >= 15 is 0 Å². The maximum absolute atomic E-state index is 11.9. The van der Waals surface area contributed by atoms with Gasteiger partial charge in [-0.2, -0.15) is 0 Å². The second kappa shape index (κ2) is 5.46. The first kappa shape index (κ1) is 13.0. The minimum absolute atomic E-state index is 0.177. The number of aromatic nitrogens is 2. The molecule has 92 valence electrons. The highest BCUT2D eigenvalue weighted by molar-refractivity contribution is 9.10. The Morgan fingerprint density at radius 2 is 2.17 bits per heavy atom. The van der Waals surface area contributed by atoms with Crippen molar-refractivity contribution >= 4 is 39.1 Å². The molecule has 0 fully saturated rings. The first-order valence-corrected chi connectivity index (χ1v) is 6.29. The maximum atomic E-state index is 11.9. The van der Waals surface area contributed by atoms with Gasteiger partial charge in [-0.3, -0.25) is 9.78 Å². The molecule has 0 radical (unpaired) electrons. The standard InChI is InChI=1S/C12H9BrClN3O/c1-7-3-2-4-8(11(7)13)17-12(18)9-5-15-6-10(14)16-9/h2-6H,1H3,(H,17,18). The predicted molar refractivity (Wildman–Crippen MR) is 73.9 cm³/mol. The second-order valence-corrected chi connectivity index (χ2v) is 4.80. The van der Waals surface area contributed by atoms with Gasteiger partial charge in [-0.15, -0.1) is 0 Å². The highest BCUT2D eigenvalue weighted by Crippen LogP contribution is 2.26. The normalized spacial score (nSPS) is 10.2. The van der Waals surface area contributed by atoms with Gasteiger partial charge in [0.1, 0.15) is 10.8 Å². The molecular formula is C12H9BrClN3O. The van der Waals surface area contributed by atoms with Crippen molar-refractivity contribution in [3.05, 3.63) is 51.5 Å². The Hall–Kier alpha value is -1.46. The number of anilines is 1. The van der Waals surface area contributed by atoms with Crippen molar-refractivity contribution in [1.82, 2.24) is 9.97 Å². The maximum Gasteiger partial charge on any atom is 0.275 e. The summed E-state index contributed by atoms with van der Waals surface area (Å²) in [5.41, 5.74) is 1.89. The third-order valence-electron chi connectivity index (χ3n) is 2.28. The molecule has 0 aliphatic rings. The summed E-state index contributed by atoms with van der Waals surface area (Å²) in [5, 5.41) is 2.93. The van der Waals surface area contributed by atoms with Gasteiger partial charge in [0.2, 0.25) is 0 Å². The number of amides is 1.